The summed E-state index contributed by atoms with van der Waals surface area (Å²) in [6.45, 7) is 10.7. The van der Waals surface area contributed by atoms with E-state index in [1.54, 1.807) is 16.8 Å². The fourth-order valence-corrected chi connectivity index (χ4v) is 4.58. The number of hydrogen-bond donors (Lipinski definition) is 0. The summed E-state index contributed by atoms with van der Waals surface area (Å²) in [7, 11) is 0. The first kappa shape index (κ1) is 25.4. The standard InChI is InChI=1S/C26H34ClFN6O/c1-5-6-8-21-29-23(32-13-7-14-33(16-15-32)25(35)26(3,4)17-27)22-18(2)31-34(24(22)30-21)20-11-9-19(28)10-12-20/h9-12H,5-8,13-17H2,1-4H3. The van der Waals surface area contributed by atoms with Crippen LogP contribution in [0.25, 0.3) is 16.7 Å². The molecule has 0 radical (unpaired) electrons. The molecule has 1 aliphatic rings. The molecule has 4 rings (SSSR count). The number of carbonyl (C=O) groups excluding carboxylic acids is 1. The van der Waals surface area contributed by atoms with Crippen LogP contribution in [0.2, 0.25) is 0 Å². The van der Waals surface area contributed by atoms with Gasteiger partial charge in [-0.05, 0) is 57.9 Å². The molecule has 1 saturated heterocycles. The third-order valence-corrected chi connectivity index (χ3v) is 7.22. The van der Waals surface area contributed by atoms with Crippen molar-refractivity contribution >= 4 is 34.4 Å². The average molecular weight is 501 g/mol. The Morgan fingerprint density at radius 2 is 1.86 bits per heavy atom. The monoisotopic (exact) mass is 500 g/mol. The number of halogens is 2. The van der Waals surface area contributed by atoms with Gasteiger partial charge >= 0.3 is 0 Å². The molecule has 0 unspecified atom stereocenters. The van der Waals surface area contributed by atoms with E-state index in [1.807, 2.05) is 25.7 Å². The Morgan fingerprint density at radius 3 is 2.54 bits per heavy atom. The summed E-state index contributed by atoms with van der Waals surface area (Å²) in [6.07, 6.45) is 3.65. The summed E-state index contributed by atoms with van der Waals surface area (Å²) in [4.78, 5) is 27.1. The molecule has 0 bridgehead atoms. The van der Waals surface area contributed by atoms with Crippen LogP contribution in [-0.2, 0) is 11.2 Å². The minimum atomic E-state index is -0.584. The highest BCUT2D eigenvalue weighted by Gasteiger charge is 2.33. The Labute approximate surface area is 211 Å². The fourth-order valence-electron chi connectivity index (χ4n) is 4.46. The lowest BCUT2D eigenvalue weighted by Crippen LogP contribution is -2.43. The molecule has 0 spiro atoms. The molecule has 2 aromatic heterocycles. The van der Waals surface area contributed by atoms with Crippen molar-refractivity contribution in [2.45, 2.75) is 53.4 Å². The normalized spacial score (nSPS) is 15.0. The zero-order valence-electron chi connectivity index (χ0n) is 21.0. The molecule has 0 N–H and O–H groups in total. The van der Waals surface area contributed by atoms with Crippen LogP contribution in [0.3, 0.4) is 0 Å². The highest BCUT2D eigenvalue weighted by molar-refractivity contribution is 6.19. The average Bonchev–Trinajstić information content (AvgIpc) is 3.02. The van der Waals surface area contributed by atoms with Crippen molar-refractivity contribution in [3.05, 3.63) is 41.6 Å². The third-order valence-electron chi connectivity index (χ3n) is 6.55. The Hall–Kier alpha value is -2.74. The summed E-state index contributed by atoms with van der Waals surface area (Å²) in [6, 6.07) is 6.29. The highest BCUT2D eigenvalue weighted by atomic mass is 35.5. The lowest BCUT2D eigenvalue weighted by molar-refractivity contribution is -0.139. The number of carbonyl (C=O) groups is 1. The number of alkyl halides is 1. The number of benzene rings is 1. The number of rotatable bonds is 7. The van der Waals surface area contributed by atoms with E-state index in [0.717, 1.165) is 66.3 Å². The molecule has 35 heavy (non-hydrogen) atoms. The summed E-state index contributed by atoms with van der Waals surface area (Å²) < 4.78 is 15.3. The Morgan fingerprint density at radius 1 is 1.11 bits per heavy atom. The van der Waals surface area contributed by atoms with Gasteiger partial charge in [-0.1, -0.05) is 13.3 Å². The van der Waals surface area contributed by atoms with E-state index in [9.17, 15) is 9.18 Å². The van der Waals surface area contributed by atoms with Gasteiger partial charge in [0.25, 0.3) is 0 Å². The first-order valence-electron chi connectivity index (χ1n) is 12.4. The van der Waals surface area contributed by atoms with Gasteiger partial charge in [-0.15, -0.1) is 11.6 Å². The molecule has 1 aromatic carbocycles. The first-order chi connectivity index (χ1) is 16.7. The molecule has 1 fully saturated rings. The van der Waals surface area contributed by atoms with Gasteiger partial charge in [0.1, 0.15) is 17.5 Å². The van der Waals surface area contributed by atoms with Crippen molar-refractivity contribution in [3.63, 3.8) is 0 Å². The van der Waals surface area contributed by atoms with E-state index < -0.39 is 5.41 Å². The smallest absolute Gasteiger partial charge is 0.229 e. The number of hydrogen-bond acceptors (Lipinski definition) is 5. The molecule has 0 atom stereocenters. The van der Waals surface area contributed by atoms with E-state index in [1.165, 1.54) is 12.1 Å². The second-order valence-corrected chi connectivity index (χ2v) is 10.2. The van der Waals surface area contributed by atoms with Crippen LogP contribution in [0.4, 0.5) is 10.2 Å². The van der Waals surface area contributed by atoms with Crippen molar-refractivity contribution in [1.82, 2.24) is 24.6 Å². The quantitative estimate of drug-likeness (QED) is 0.431. The van der Waals surface area contributed by atoms with Crippen molar-refractivity contribution in [3.8, 4) is 5.69 Å². The lowest BCUT2D eigenvalue weighted by Gasteiger charge is -2.30. The van der Waals surface area contributed by atoms with Crippen LogP contribution in [0.5, 0.6) is 0 Å². The van der Waals surface area contributed by atoms with Gasteiger partial charge in [0, 0.05) is 38.5 Å². The minimum absolute atomic E-state index is 0.0890. The highest BCUT2D eigenvalue weighted by Crippen LogP contribution is 2.30. The minimum Gasteiger partial charge on any atom is -0.354 e. The summed E-state index contributed by atoms with van der Waals surface area (Å²) in [5.74, 6) is 1.73. The molecule has 1 aliphatic heterocycles. The van der Waals surface area contributed by atoms with Crippen molar-refractivity contribution < 1.29 is 9.18 Å². The van der Waals surface area contributed by atoms with Crippen LogP contribution < -0.4 is 4.90 Å². The zero-order chi connectivity index (χ0) is 25.2. The van der Waals surface area contributed by atoms with Crippen LogP contribution >= 0.6 is 11.6 Å². The Kier molecular flexibility index (Phi) is 7.59. The second-order valence-electron chi connectivity index (χ2n) is 9.89. The summed E-state index contributed by atoms with van der Waals surface area (Å²) in [5, 5.41) is 5.66. The second kappa shape index (κ2) is 10.5. The van der Waals surface area contributed by atoms with Gasteiger partial charge in [-0.3, -0.25) is 4.79 Å². The van der Waals surface area contributed by atoms with Crippen LogP contribution in [0.1, 0.15) is 51.6 Å². The van der Waals surface area contributed by atoms with Gasteiger partial charge in [-0.2, -0.15) is 5.10 Å². The van der Waals surface area contributed by atoms with Crippen LogP contribution in [-0.4, -0.2) is 62.6 Å². The number of fused-ring (bicyclic) bond motifs is 1. The molecule has 1 amide bonds. The maximum absolute atomic E-state index is 13.6. The number of aromatic nitrogens is 4. The molecule has 7 nitrogen and oxygen atoms in total. The lowest BCUT2D eigenvalue weighted by atomic mass is 9.94. The molecular weight excluding hydrogens is 467 g/mol. The van der Waals surface area contributed by atoms with Crippen molar-refractivity contribution in [2.75, 3.05) is 37.0 Å². The molecule has 9 heteroatoms. The van der Waals surface area contributed by atoms with Gasteiger partial charge in [0.15, 0.2) is 5.65 Å². The van der Waals surface area contributed by atoms with Gasteiger partial charge in [0.05, 0.1) is 22.2 Å². The molecule has 188 valence electrons. The van der Waals surface area contributed by atoms with Gasteiger partial charge < -0.3 is 9.80 Å². The van der Waals surface area contributed by atoms with Crippen molar-refractivity contribution in [1.29, 1.82) is 0 Å². The maximum atomic E-state index is 13.6. The third kappa shape index (κ3) is 5.27. The topological polar surface area (TPSA) is 67.2 Å². The summed E-state index contributed by atoms with van der Waals surface area (Å²) >= 11 is 6.07. The summed E-state index contributed by atoms with van der Waals surface area (Å²) in [5.41, 5.74) is 1.72. The molecular formula is C26H34ClFN6O. The van der Waals surface area contributed by atoms with Crippen molar-refractivity contribution in [2.24, 2.45) is 5.41 Å². The van der Waals surface area contributed by atoms with Gasteiger partial charge in [0.2, 0.25) is 5.91 Å². The number of nitrogens with zero attached hydrogens (tertiary/aromatic N) is 6. The molecule has 0 aliphatic carbocycles. The number of aryl methyl sites for hydroxylation is 2. The Balaban J connectivity index is 1.73. The fraction of sp³-hybridized carbons (Fsp3) is 0.538. The number of unbranched alkanes of at least 4 members (excludes halogenated alkanes) is 1. The van der Waals surface area contributed by atoms with Crippen LogP contribution in [0.15, 0.2) is 24.3 Å². The van der Waals surface area contributed by atoms with E-state index >= 15 is 0 Å². The van der Waals surface area contributed by atoms with E-state index in [0.29, 0.717) is 25.5 Å². The number of amides is 1. The largest absolute Gasteiger partial charge is 0.354 e. The predicted molar refractivity (Wildman–Crippen MR) is 138 cm³/mol. The molecule has 0 saturated carbocycles. The van der Waals surface area contributed by atoms with E-state index in [-0.39, 0.29) is 11.7 Å². The molecule has 3 aromatic rings. The van der Waals surface area contributed by atoms with Gasteiger partial charge in [-0.25, -0.2) is 19.0 Å². The number of anilines is 1. The predicted octanol–water partition coefficient (Wildman–Crippen LogP) is 4.91. The van der Waals surface area contributed by atoms with E-state index in [4.69, 9.17) is 26.7 Å². The Bertz CT molecular complexity index is 1190. The van der Waals surface area contributed by atoms with Crippen LogP contribution in [0, 0.1) is 18.2 Å². The maximum Gasteiger partial charge on any atom is 0.229 e. The first-order valence-corrected chi connectivity index (χ1v) is 12.9. The van der Waals surface area contributed by atoms with E-state index in [2.05, 4.69) is 11.8 Å². The zero-order valence-corrected chi connectivity index (χ0v) is 21.8. The SMILES string of the molecule is CCCCc1nc(N2CCCN(C(=O)C(C)(C)CCl)CC2)c2c(C)nn(-c3ccc(F)cc3)c2n1. The molecule has 3 heterocycles.